The molecule has 2 aliphatic rings. The van der Waals surface area contributed by atoms with Gasteiger partial charge in [-0.2, -0.15) is 0 Å². The van der Waals surface area contributed by atoms with Gasteiger partial charge in [0.15, 0.2) is 0 Å². The molecule has 0 N–H and O–H groups in total. The molecule has 1 unspecified atom stereocenters. The highest BCUT2D eigenvalue weighted by atomic mass is 31.2. The Bertz CT molecular complexity index is 415. The van der Waals surface area contributed by atoms with Crippen molar-refractivity contribution in [2.24, 2.45) is 0 Å². The second-order valence-corrected chi connectivity index (χ2v) is 9.12. The molecule has 0 radical (unpaired) electrons. The van der Waals surface area contributed by atoms with E-state index < -0.39 is 7.26 Å². The molecular weight excluding hydrogens is 211 g/mol. The van der Waals surface area contributed by atoms with Crippen LogP contribution in [-0.2, 0) is 0 Å². The van der Waals surface area contributed by atoms with Crippen LogP contribution in [0.1, 0.15) is 37.7 Å². The van der Waals surface area contributed by atoms with E-state index in [-0.39, 0.29) is 0 Å². The molecule has 1 aliphatic carbocycles. The summed E-state index contributed by atoms with van der Waals surface area (Å²) >= 11 is 0. The zero-order valence-electron chi connectivity index (χ0n) is 10.0. The van der Waals surface area contributed by atoms with E-state index >= 15 is 0 Å². The van der Waals surface area contributed by atoms with Crippen LogP contribution in [0, 0.1) is 0 Å². The minimum absolute atomic E-state index is 0.966. The first kappa shape index (κ1) is 10.5. The van der Waals surface area contributed by atoms with Gasteiger partial charge in [0.2, 0.25) is 0 Å². The summed E-state index contributed by atoms with van der Waals surface area (Å²) < 4.78 is 0. The molecule has 16 heavy (non-hydrogen) atoms. The molecule has 0 amide bonds. The SMILES string of the molecule is C[P+]1(C2CCCCC2)C=Cc2ccccc21. The van der Waals surface area contributed by atoms with Gasteiger partial charge in [-0.3, -0.25) is 0 Å². The van der Waals surface area contributed by atoms with Gasteiger partial charge in [0, 0.05) is 5.56 Å². The second kappa shape index (κ2) is 4.00. The fraction of sp³-hybridized carbons (Fsp3) is 0.467. The molecule has 1 aromatic rings. The number of fused-ring (bicyclic) bond motifs is 1. The van der Waals surface area contributed by atoms with Crippen LogP contribution in [0.5, 0.6) is 0 Å². The van der Waals surface area contributed by atoms with Gasteiger partial charge in [-0.05, 0) is 37.8 Å². The maximum atomic E-state index is 2.56. The van der Waals surface area contributed by atoms with Crippen molar-refractivity contribution >= 4 is 18.6 Å². The van der Waals surface area contributed by atoms with Gasteiger partial charge in [-0.15, -0.1) is 0 Å². The molecule has 0 nitrogen and oxygen atoms in total. The summed E-state index contributed by atoms with van der Waals surface area (Å²) in [5, 5.41) is 1.67. The average Bonchev–Trinajstić information content (AvgIpc) is 2.71. The van der Waals surface area contributed by atoms with Crippen LogP contribution < -0.4 is 5.30 Å². The lowest BCUT2D eigenvalue weighted by Gasteiger charge is -2.29. The summed E-state index contributed by atoms with van der Waals surface area (Å²) in [7, 11) is -0.966. The number of benzene rings is 1. The Morgan fingerprint density at radius 1 is 1.06 bits per heavy atom. The largest absolute Gasteiger partial charge is 0.106 e. The normalized spacial score (nSPS) is 29.3. The number of rotatable bonds is 1. The van der Waals surface area contributed by atoms with Gasteiger partial charge in [0.1, 0.15) is 5.30 Å². The van der Waals surface area contributed by atoms with Crippen molar-refractivity contribution in [1.29, 1.82) is 0 Å². The third-order valence-corrected chi connectivity index (χ3v) is 8.60. The standard InChI is InChI=1S/C15H20P/c1-16(14-8-3-2-4-9-14)12-11-13-7-5-6-10-15(13)16/h5-7,10-12,14H,2-4,8-9H2,1H3/q+1. The molecule has 3 rings (SSSR count). The van der Waals surface area contributed by atoms with Crippen molar-refractivity contribution in [3.63, 3.8) is 0 Å². The van der Waals surface area contributed by atoms with E-state index in [1.54, 1.807) is 5.30 Å². The molecule has 84 valence electrons. The fourth-order valence-electron chi connectivity index (χ4n) is 3.32. The highest BCUT2D eigenvalue weighted by molar-refractivity contribution is 7.86. The van der Waals surface area contributed by atoms with Crippen molar-refractivity contribution in [2.75, 3.05) is 6.66 Å². The molecule has 1 aromatic carbocycles. The van der Waals surface area contributed by atoms with Crippen LogP contribution in [0.15, 0.2) is 30.1 Å². The van der Waals surface area contributed by atoms with Gasteiger partial charge in [0.05, 0.1) is 25.4 Å². The first-order valence-electron chi connectivity index (χ1n) is 6.45. The monoisotopic (exact) mass is 231 g/mol. The highest BCUT2D eigenvalue weighted by Gasteiger charge is 2.45. The van der Waals surface area contributed by atoms with Gasteiger partial charge < -0.3 is 0 Å². The van der Waals surface area contributed by atoms with Crippen molar-refractivity contribution in [3.05, 3.63) is 35.6 Å². The smallest absolute Gasteiger partial charge is 0.0614 e. The summed E-state index contributed by atoms with van der Waals surface area (Å²) in [4.78, 5) is 0. The summed E-state index contributed by atoms with van der Waals surface area (Å²) in [6.45, 7) is 2.55. The van der Waals surface area contributed by atoms with Gasteiger partial charge >= 0.3 is 0 Å². The van der Waals surface area contributed by atoms with Crippen molar-refractivity contribution in [2.45, 2.75) is 37.8 Å². The van der Waals surface area contributed by atoms with Crippen LogP contribution in [-0.4, -0.2) is 12.3 Å². The highest BCUT2D eigenvalue weighted by Crippen LogP contribution is 2.66. The first-order valence-corrected chi connectivity index (χ1v) is 8.83. The van der Waals surface area contributed by atoms with Crippen LogP contribution in [0.3, 0.4) is 0 Å². The fourth-order valence-corrected chi connectivity index (χ4v) is 7.14. The number of hydrogen-bond acceptors (Lipinski definition) is 0. The first-order chi connectivity index (χ1) is 7.81. The van der Waals surface area contributed by atoms with Gasteiger partial charge in [-0.25, -0.2) is 0 Å². The molecule has 0 bridgehead atoms. The lowest BCUT2D eigenvalue weighted by Crippen LogP contribution is -2.22. The minimum Gasteiger partial charge on any atom is -0.0614 e. The van der Waals surface area contributed by atoms with Crippen LogP contribution in [0.2, 0.25) is 0 Å². The molecule has 0 aromatic heterocycles. The van der Waals surface area contributed by atoms with E-state index in [9.17, 15) is 0 Å². The molecule has 1 aliphatic heterocycles. The van der Waals surface area contributed by atoms with Crippen LogP contribution in [0.4, 0.5) is 0 Å². The average molecular weight is 231 g/mol. The van der Waals surface area contributed by atoms with Crippen molar-refractivity contribution in [3.8, 4) is 0 Å². The van der Waals surface area contributed by atoms with Crippen LogP contribution >= 0.6 is 7.26 Å². The molecule has 0 spiro atoms. The zero-order valence-corrected chi connectivity index (χ0v) is 10.9. The van der Waals surface area contributed by atoms with Crippen molar-refractivity contribution < 1.29 is 0 Å². The lowest BCUT2D eigenvalue weighted by atomic mass is 10.0. The van der Waals surface area contributed by atoms with E-state index in [4.69, 9.17) is 0 Å². The molecule has 1 heteroatoms. The molecule has 0 saturated heterocycles. The van der Waals surface area contributed by atoms with Gasteiger partial charge in [-0.1, -0.05) is 24.6 Å². The van der Waals surface area contributed by atoms with E-state index in [0.29, 0.717) is 0 Å². The third kappa shape index (κ3) is 1.55. The van der Waals surface area contributed by atoms with E-state index in [0.717, 1.165) is 5.66 Å². The topological polar surface area (TPSA) is 0 Å². The Hall–Kier alpha value is -0.610. The van der Waals surface area contributed by atoms with E-state index in [2.05, 4.69) is 42.8 Å². The van der Waals surface area contributed by atoms with Crippen LogP contribution in [0.25, 0.3) is 6.08 Å². The van der Waals surface area contributed by atoms with Gasteiger partial charge in [0.25, 0.3) is 0 Å². The Balaban J connectivity index is 1.97. The molecule has 1 atom stereocenters. The van der Waals surface area contributed by atoms with E-state index in [1.807, 2.05) is 0 Å². The van der Waals surface area contributed by atoms with Crippen molar-refractivity contribution in [1.82, 2.24) is 0 Å². The Kier molecular flexibility index (Phi) is 2.64. The molecule has 1 heterocycles. The second-order valence-electron chi connectivity index (χ2n) is 5.31. The quantitative estimate of drug-likeness (QED) is 0.633. The molecule has 1 saturated carbocycles. The summed E-state index contributed by atoms with van der Waals surface area (Å²) in [6, 6.07) is 9.03. The predicted molar refractivity (Wildman–Crippen MR) is 74.8 cm³/mol. The minimum atomic E-state index is -0.966. The maximum Gasteiger partial charge on any atom is 0.106 e. The maximum absolute atomic E-state index is 2.56. The summed E-state index contributed by atoms with van der Waals surface area (Å²) in [5.41, 5.74) is 2.46. The molecular formula is C15H20P+. The lowest BCUT2D eigenvalue weighted by molar-refractivity contribution is 0.510. The third-order valence-electron chi connectivity index (χ3n) is 4.35. The predicted octanol–water partition coefficient (Wildman–Crippen LogP) is 4.28. The summed E-state index contributed by atoms with van der Waals surface area (Å²) in [5.74, 6) is 2.56. The van der Waals surface area contributed by atoms with E-state index in [1.165, 1.54) is 37.7 Å². The molecule has 1 fully saturated rings. The summed E-state index contributed by atoms with van der Waals surface area (Å²) in [6.07, 6.45) is 9.66. The zero-order chi connectivity index (χ0) is 11.0. The Labute approximate surface area is 99.1 Å². The Morgan fingerprint density at radius 2 is 1.81 bits per heavy atom. The Morgan fingerprint density at radius 3 is 2.62 bits per heavy atom. The number of hydrogen-bond donors (Lipinski definition) is 0.